The molecular weight excluding hydrogens is 194 g/mol. The van der Waals surface area contributed by atoms with Gasteiger partial charge in [-0.3, -0.25) is 4.90 Å². The van der Waals surface area contributed by atoms with Crippen LogP contribution in [0.4, 0.5) is 0 Å². The van der Waals surface area contributed by atoms with Crippen molar-refractivity contribution in [2.75, 3.05) is 13.1 Å². The molecule has 0 aliphatic carbocycles. The number of nitrogens with zero attached hydrogens (tertiary/aromatic N) is 2. The van der Waals surface area contributed by atoms with E-state index in [1.807, 2.05) is 0 Å². The predicted octanol–water partition coefficient (Wildman–Crippen LogP) is 0.358. The first-order valence-electron chi connectivity index (χ1n) is 5.55. The SMILES string of the molecule is CCC(C/C(N)=N/O)N1CCC(O)CC1. The first-order valence-corrected chi connectivity index (χ1v) is 5.55. The van der Waals surface area contributed by atoms with Crippen molar-refractivity contribution >= 4 is 5.84 Å². The zero-order valence-corrected chi connectivity index (χ0v) is 9.26. The van der Waals surface area contributed by atoms with E-state index in [2.05, 4.69) is 17.0 Å². The van der Waals surface area contributed by atoms with Gasteiger partial charge >= 0.3 is 0 Å². The van der Waals surface area contributed by atoms with E-state index in [9.17, 15) is 5.11 Å². The van der Waals surface area contributed by atoms with Gasteiger partial charge in [0.25, 0.3) is 0 Å². The van der Waals surface area contributed by atoms with Crippen LogP contribution in [0.1, 0.15) is 32.6 Å². The van der Waals surface area contributed by atoms with Crippen LogP contribution in [0.15, 0.2) is 5.16 Å². The molecule has 1 saturated heterocycles. The van der Waals surface area contributed by atoms with Crippen molar-refractivity contribution < 1.29 is 10.3 Å². The lowest BCUT2D eigenvalue weighted by molar-refractivity contribution is 0.0610. The van der Waals surface area contributed by atoms with Gasteiger partial charge in [-0.1, -0.05) is 12.1 Å². The molecule has 0 saturated carbocycles. The third-order valence-electron chi connectivity index (χ3n) is 3.06. The Balaban J connectivity index is 2.44. The van der Waals surface area contributed by atoms with Crippen LogP contribution in [0, 0.1) is 0 Å². The molecule has 0 bridgehead atoms. The summed E-state index contributed by atoms with van der Waals surface area (Å²) >= 11 is 0. The average Bonchev–Trinajstić information content (AvgIpc) is 2.27. The van der Waals surface area contributed by atoms with Crippen LogP contribution in [-0.4, -0.2) is 46.3 Å². The highest BCUT2D eigenvalue weighted by molar-refractivity contribution is 5.80. The highest BCUT2D eigenvalue weighted by atomic mass is 16.4. The van der Waals surface area contributed by atoms with Crippen molar-refractivity contribution in [3.63, 3.8) is 0 Å². The van der Waals surface area contributed by atoms with Gasteiger partial charge in [-0.05, 0) is 19.3 Å². The van der Waals surface area contributed by atoms with Gasteiger partial charge < -0.3 is 16.0 Å². The van der Waals surface area contributed by atoms with Crippen LogP contribution in [0.3, 0.4) is 0 Å². The van der Waals surface area contributed by atoms with Crippen LogP contribution < -0.4 is 5.73 Å². The molecule has 0 aromatic carbocycles. The standard InChI is InChI=1S/C10H21N3O2/c1-2-8(7-10(11)12-15)13-5-3-9(14)4-6-13/h8-9,14-15H,2-7H2,1H3,(H2,11,12). The molecule has 15 heavy (non-hydrogen) atoms. The average molecular weight is 215 g/mol. The molecule has 0 amide bonds. The Morgan fingerprint density at radius 3 is 2.60 bits per heavy atom. The topological polar surface area (TPSA) is 82.1 Å². The quantitative estimate of drug-likeness (QED) is 0.274. The van der Waals surface area contributed by atoms with Crippen molar-refractivity contribution in [3.8, 4) is 0 Å². The van der Waals surface area contributed by atoms with E-state index in [1.165, 1.54) is 0 Å². The fraction of sp³-hybridized carbons (Fsp3) is 0.900. The van der Waals surface area contributed by atoms with E-state index in [0.29, 0.717) is 12.5 Å². The molecule has 5 heteroatoms. The van der Waals surface area contributed by atoms with Crippen LogP contribution in [-0.2, 0) is 0 Å². The fourth-order valence-electron chi connectivity index (χ4n) is 2.06. The Morgan fingerprint density at radius 1 is 1.53 bits per heavy atom. The molecule has 0 radical (unpaired) electrons. The van der Waals surface area contributed by atoms with Gasteiger partial charge in [-0.2, -0.15) is 0 Å². The predicted molar refractivity (Wildman–Crippen MR) is 58.9 cm³/mol. The van der Waals surface area contributed by atoms with E-state index in [-0.39, 0.29) is 11.9 Å². The van der Waals surface area contributed by atoms with Gasteiger partial charge in [0.05, 0.1) is 6.10 Å². The maximum absolute atomic E-state index is 9.39. The molecule has 1 fully saturated rings. The highest BCUT2D eigenvalue weighted by Crippen LogP contribution is 2.16. The normalized spacial score (nSPS) is 22.9. The minimum atomic E-state index is -0.150. The number of likely N-dealkylation sites (tertiary alicyclic amines) is 1. The van der Waals surface area contributed by atoms with Crippen molar-refractivity contribution in [2.45, 2.75) is 44.8 Å². The first kappa shape index (κ1) is 12.3. The van der Waals surface area contributed by atoms with Gasteiger partial charge in [0, 0.05) is 25.6 Å². The third kappa shape index (κ3) is 3.68. The van der Waals surface area contributed by atoms with E-state index >= 15 is 0 Å². The Morgan fingerprint density at radius 2 is 2.13 bits per heavy atom. The Hall–Kier alpha value is -0.810. The number of aliphatic hydroxyl groups is 1. The molecule has 1 unspecified atom stereocenters. The summed E-state index contributed by atoms with van der Waals surface area (Å²) in [4.78, 5) is 2.31. The Labute approximate surface area is 90.6 Å². The Bertz CT molecular complexity index is 213. The van der Waals surface area contributed by atoms with Gasteiger partial charge in [-0.15, -0.1) is 0 Å². The molecule has 4 N–H and O–H groups in total. The molecule has 0 aromatic heterocycles. The minimum absolute atomic E-state index is 0.150. The minimum Gasteiger partial charge on any atom is -0.409 e. The number of rotatable bonds is 4. The number of amidine groups is 1. The summed E-state index contributed by atoms with van der Waals surface area (Å²) in [6.45, 7) is 3.90. The number of hydrogen-bond donors (Lipinski definition) is 3. The maximum atomic E-state index is 9.39. The van der Waals surface area contributed by atoms with Gasteiger partial charge in [0.1, 0.15) is 5.84 Å². The van der Waals surface area contributed by atoms with Crippen molar-refractivity contribution in [1.82, 2.24) is 4.90 Å². The summed E-state index contributed by atoms with van der Waals surface area (Å²) in [5, 5.41) is 20.9. The molecule has 5 nitrogen and oxygen atoms in total. The summed E-state index contributed by atoms with van der Waals surface area (Å²) in [6.07, 6.45) is 3.08. The maximum Gasteiger partial charge on any atom is 0.140 e. The number of piperidine rings is 1. The van der Waals surface area contributed by atoms with E-state index < -0.39 is 0 Å². The monoisotopic (exact) mass is 215 g/mol. The van der Waals surface area contributed by atoms with Crippen LogP contribution in [0.2, 0.25) is 0 Å². The molecule has 1 aliphatic rings. The Kier molecular flexibility index (Phi) is 4.84. The van der Waals surface area contributed by atoms with Crippen LogP contribution >= 0.6 is 0 Å². The van der Waals surface area contributed by atoms with E-state index in [1.54, 1.807) is 0 Å². The lowest BCUT2D eigenvalue weighted by Crippen LogP contribution is -2.44. The second-order valence-corrected chi connectivity index (χ2v) is 4.12. The summed E-state index contributed by atoms with van der Waals surface area (Å²) < 4.78 is 0. The molecular formula is C10H21N3O2. The van der Waals surface area contributed by atoms with E-state index in [0.717, 1.165) is 32.4 Å². The smallest absolute Gasteiger partial charge is 0.140 e. The lowest BCUT2D eigenvalue weighted by atomic mass is 10.0. The summed E-state index contributed by atoms with van der Waals surface area (Å²) in [5.41, 5.74) is 5.51. The van der Waals surface area contributed by atoms with Gasteiger partial charge in [0.2, 0.25) is 0 Å². The molecule has 1 rings (SSSR count). The largest absolute Gasteiger partial charge is 0.409 e. The zero-order valence-electron chi connectivity index (χ0n) is 9.26. The van der Waals surface area contributed by atoms with Crippen LogP contribution in [0.25, 0.3) is 0 Å². The molecule has 0 aromatic rings. The van der Waals surface area contributed by atoms with E-state index in [4.69, 9.17) is 10.9 Å². The molecule has 1 atom stereocenters. The number of oxime groups is 1. The fourth-order valence-corrected chi connectivity index (χ4v) is 2.06. The molecule has 1 heterocycles. The van der Waals surface area contributed by atoms with Crippen molar-refractivity contribution in [2.24, 2.45) is 10.9 Å². The number of nitrogens with two attached hydrogens (primary N) is 1. The molecule has 88 valence electrons. The summed E-state index contributed by atoms with van der Waals surface area (Å²) in [5.74, 6) is 0.285. The first-order chi connectivity index (χ1) is 7.17. The summed E-state index contributed by atoms with van der Waals surface area (Å²) in [7, 11) is 0. The van der Waals surface area contributed by atoms with Crippen molar-refractivity contribution in [1.29, 1.82) is 0 Å². The van der Waals surface area contributed by atoms with Gasteiger partial charge in [0.15, 0.2) is 0 Å². The lowest BCUT2D eigenvalue weighted by Gasteiger charge is -2.35. The second-order valence-electron chi connectivity index (χ2n) is 4.12. The molecule has 1 aliphatic heterocycles. The molecule has 0 spiro atoms. The zero-order chi connectivity index (χ0) is 11.3. The number of aliphatic hydroxyl groups excluding tert-OH is 1. The second kappa shape index (κ2) is 5.92. The van der Waals surface area contributed by atoms with Gasteiger partial charge in [-0.25, -0.2) is 0 Å². The third-order valence-corrected chi connectivity index (χ3v) is 3.06. The van der Waals surface area contributed by atoms with Crippen molar-refractivity contribution in [3.05, 3.63) is 0 Å². The highest BCUT2D eigenvalue weighted by Gasteiger charge is 2.23. The number of hydrogen-bond acceptors (Lipinski definition) is 4. The summed E-state index contributed by atoms with van der Waals surface area (Å²) in [6, 6.07) is 0.327. The van der Waals surface area contributed by atoms with Crippen LogP contribution in [0.5, 0.6) is 0 Å².